The third-order valence-electron chi connectivity index (χ3n) is 3.82. The molecule has 0 spiro atoms. The Morgan fingerprint density at radius 1 is 1.40 bits per heavy atom. The maximum Gasteiger partial charge on any atom is 0.264 e. The summed E-state index contributed by atoms with van der Waals surface area (Å²) in [6.07, 6.45) is 1.89. The molecule has 0 bridgehead atoms. The SMILES string of the molecule is CC1C(OS(C)(=O)=O)CCc2cc3cccc(F)c3n21. The van der Waals surface area contributed by atoms with Crippen molar-refractivity contribution < 1.29 is 17.0 Å². The number of para-hydroxylation sites is 1. The predicted molar refractivity (Wildman–Crippen MR) is 74.6 cm³/mol. The van der Waals surface area contributed by atoms with Crippen molar-refractivity contribution in [2.45, 2.75) is 31.9 Å². The van der Waals surface area contributed by atoms with Crippen LogP contribution in [0, 0.1) is 5.82 Å². The topological polar surface area (TPSA) is 48.3 Å². The van der Waals surface area contributed by atoms with E-state index in [1.54, 1.807) is 6.07 Å². The second-order valence-electron chi connectivity index (χ2n) is 5.30. The lowest BCUT2D eigenvalue weighted by Crippen LogP contribution is -2.32. The lowest BCUT2D eigenvalue weighted by Gasteiger charge is -2.31. The van der Waals surface area contributed by atoms with Gasteiger partial charge >= 0.3 is 0 Å². The van der Waals surface area contributed by atoms with Crippen LogP contribution in [-0.4, -0.2) is 25.3 Å². The summed E-state index contributed by atoms with van der Waals surface area (Å²) in [5.74, 6) is -0.291. The van der Waals surface area contributed by atoms with Gasteiger partial charge in [-0.1, -0.05) is 12.1 Å². The Bertz CT molecular complexity index is 766. The van der Waals surface area contributed by atoms with Gasteiger partial charge in [0.1, 0.15) is 5.82 Å². The maximum atomic E-state index is 14.1. The molecule has 6 heteroatoms. The minimum absolute atomic E-state index is 0.220. The van der Waals surface area contributed by atoms with Crippen LogP contribution in [0.25, 0.3) is 10.9 Å². The molecule has 2 unspecified atom stereocenters. The Morgan fingerprint density at radius 2 is 2.15 bits per heavy atom. The van der Waals surface area contributed by atoms with Crippen molar-refractivity contribution in [3.63, 3.8) is 0 Å². The summed E-state index contributed by atoms with van der Waals surface area (Å²) >= 11 is 0. The molecule has 20 heavy (non-hydrogen) atoms. The highest BCUT2D eigenvalue weighted by Gasteiger charge is 2.31. The summed E-state index contributed by atoms with van der Waals surface area (Å²) in [4.78, 5) is 0. The number of benzene rings is 1. The minimum atomic E-state index is -3.51. The Morgan fingerprint density at radius 3 is 2.85 bits per heavy atom. The number of hydrogen-bond donors (Lipinski definition) is 0. The first-order valence-corrected chi connectivity index (χ1v) is 8.35. The molecule has 2 heterocycles. The summed E-state index contributed by atoms with van der Waals surface area (Å²) in [6, 6.07) is 6.71. The van der Waals surface area contributed by atoms with Gasteiger partial charge < -0.3 is 4.57 Å². The van der Waals surface area contributed by atoms with Gasteiger partial charge in [-0.3, -0.25) is 4.18 Å². The van der Waals surface area contributed by atoms with Crippen LogP contribution >= 0.6 is 0 Å². The fraction of sp³-hybridized carbons (Fsp3) is 0.429. The van der Waals surface area contributed by atoms with Crippen molar-refractivity contribution in [2.75, 3.05) is 6.26 Å². The van der Waals surface area contributed by atoms with Crippen molar-refractivity contribution in [1.29, 1.82) is 0 Å². The highest BCUT2D eigenvalue weighted by Crippen LogP contribution is 2.34. The van der Waals surface area contributed by atoms with Crippen LogP contribution in [0.15, 0.2) is 24.3 Å². The van der Waals surface area contributed by atoms with Gasteiger partial charge in [0.25, 0.3) is 10.1 Å². The zero-order valence-electron chi connectivity index (χ0n) is 11.3. The van der Waals surface area contributed by atoms with Gasteiger partial charge in [0, 0.05) is 11.1 Å². The normalized spacial score (nSPS) is 22.9. The highest BCUT2D eigenvalue weighted by atomic mass is 32.2. The Kier molecular flexibility index (Phi) is 3.10. The number of hydrogen-bond acceptors (Lipinski definition) is 3. The van der Waals surface area contributed by atoms with Gasteiger partial charge in [0.2, 0.25) is 0 Å². The molecule has 0 amide bonds. The van der Waals surface area contributed by atoms with Crippen molar-refractivity contribution >= 4 is 21.0 Å². The van der Waals surface area contributed by atoms with Gasteiger partial charge in [0.05, 0.1) is 23.9 Å². The molecule has 0 saturated carbocycles. The van der Waals surface area contributed by atoms with E-state index in [0.29, 0.717) is 18.4 Å². The lowest BCUT2D eigenvalue weighted by atomic mass is 10.0. The van der Waals surface area contributed by atoms with Crippen LogP contribution in [0.4, 0.5) is 4.39 Å². The number of nitrogens with zero attached hydrogens (tertiary/aromatic N) is 1. The Balaban J connectivity index is 2.10. The van der Waals surface area contributed by atoms with Crippen molar-refractivity contribution in [3.8, 4) is 0 Å². The minimum Gasteiger partial charge on any atom is -0.337 e. The summed E-state index contributed by atoms with van der Waals surface area (Å²) in [5, 5.41) is 0.840. The molecule has 0 fully saturated rings. The molecular formula is C14H16FNO3S. The first kappa shape index (κ1) is 13.6. The molecule has 1 aliphatic heterocycles. The third-order valence-corrected chi connectivity index (χ3v) is 4.42. The molecule has 2 aromatic rings. The third kappa shape index (κ3) is 2.23. The Labute approximate surface area is 117 Å². The Hall–Kier alpha value is -1.40. The van der Waals surface area contributed by atoms with Gasteiger partial charge in [-0.25, -0.2) is 4.39 Å². The number of aryl methyl sites for hydroxylation is 1. The molecule has 3 rings (SSSR count). The average molecular weight is 297 g/mol. The zero-order valence-corrected chi connectivity index (χ0v) is 12.2. The first-order valence-electron chi connectivity index (χ1n) is 6.53. The molecule has 0 aliphatic carbocycles. The van der Waals surface area contributed by atoms with Crippen LogP contribution in [0.3, 0.4) is 0 Å². The molecule has 1 aromatic carbocycles. The van der Waals surface area contributed by atoms with Gasteiger partial charge in [0.15, 0.2) is 0 Å². The summed E-state index contributed by atoms with van der Waals surface area (Å²) in [6.45, 7) is 1.87. The van der Waals surface area contributed by atoms with E-state index in [-0.39, 0.29) is 11.9 Å². The number of fused-ring (bicyclic) bond motifs is 3. The van der Waals surface area contributed by atoms with Crippen LogP contribution < -0.4 is 0 Å². The first-order chi connectivity index (χ1) is 9.37. The monoisotopic (exact) mass is 297 g/mol. The summed E-state index contributed by atoms with van der Waals surface area (Å²) in [7, 11) is -3.51. The molecule has 0 saturated heterocycles. The van der Waals surface area contributed by atoms with E-state index in [9.17, 15) is 12.8 Å². The zero-order chi connectivity index (χ0) is 14.5. The molecule has 2 atom stereocenters. The predicted octanol–water partition coefficient (Wildman–Crippen LogP) is 2.63. The van der Waals surface area contributed by atoms with Gasteiger partial charge in [-0.05, 0) is 31.9 Å². The van der Waals surface area contributed by atoms with E-state index < -0.39 is 16.2 Å². The molecule has 108 valence electrons. The number of rotatable bonds is 2. The van der Waals surface area contributed by atoms with E-state index in [1.165, 1.54) is 6.07 Å². The standard InChI is InChI=1S/C14H16FNO3S/c1-9-13(19-20(2,17)18)7-6-11-8-10-4-3-5-12(15)14(10)16(9)11/h3-5,8-9,13H,6-7H2,1-2H3. The quantitative estimate of drug-likeness (QED) is 0.801. The smallest absolute Gasteiger partial charge is 0.264 e. The van der Waals surface area contributed by atoms with E-state index in [2.05, 4.69) is 0 Å². The van der Waals surface area contributed by atoms with Crippen LogP contribution in [0.1, 0.15) is 25.1 Å². The maximum absolute atomic E-state index is 14.1. The van der Waals surface area contributed by atoms with E-state index in [0.717, 1.165) is 17.3 Å². The fourth-order valence-corrected chi connectivity index (χ4v) is 3.71. The largest absolute Gasteiger partial charge is 0.337 e. The van der Waals surface area contributed by atoms with Gasteiger partial charge in [-0.15, -0.1) is 0 Å². The molecule has 0 N–H and O–H groups in total. The van der Waals surface area contributed by atoms with Crippen molar-refractivity contribution in [1.82, 2.24) is 4.57 Å². The second-order valence-corrected chi connectivity index (χ2v) is 6.90. The molecule has 1 aliphatic rings. The van der Waals surface area contributed by atoms with E-state index in [4.69, 9.17) is 4.18 Å². The second kappa shape index (κ2) is 4.56. The van der Waals surface area contributed by atoms with Crippen LogP contribution in [0.2, 0.25) is 0 Å². The van der Waals surface area contributed by atoms with Crippen LogP contribution in [-0.2, 0) is 20.7 Å². The van der Waals surface area contributed by atoms with E-state index >= 15 is 0 Å². The van der Waals surface area contributed by atoms with Crippen LogP contribution in [0.5, 0.6) is 0 Å². The summed E-state index contributed by atoms with van der Waals surface area (Å²) in [5.41, 5.74) is 1.54. The highest BCUT2D eigenvalue weighted by molar-refractivity contribution is 7.86. The lowest BCUT2D eigenvalue weighted by molar-refractivity contribution is 0.132. The molecule has 1 aromatic heterocycles. The molecular weight excluding hydrogens is 281 g/mol. The number of halogens is 1. The van der Waals surface area contributed by atoms with Crippen molar-refractivity contribution in [2.24, 2.45) is 0 Å². The van der Waals surface area contributed by atoms with Gasteiger partial charge in [-0.2, -0.15) is 8.42 Å². The average Bonchev–Trinajstić information content (AvgIpc) is 2.72. The summed E-state index contributed by atoms with van der Waals surface area (Å²) < 4.78 is 43.7. The van der Waals surface area contributed by atoms with Crippen molar-refractivity contribution in [3.05, 3.63) is 35.8 Å². The molecule has 4 nitrogen and oxygen atoms in total. The van der Waals surface area contributed by atoms with E-state index in [1.807, 2.05) is 23.6 Å². The fourth-order valence-electron chi connectivity index (χ4n) is 3.00. The number of aromatic nitrogens is 1. The molecule has 0 radical (unpaired) electrons.